The lowest BCUT2D eigenvalue weighted by molar-refractivity contribution is -0.119. The number of nitrogens with zero attached hydrogens (tertiary/aromatic N) is 1. The van der Waals surface area contributed by atoms with E-state index in [2.05, 4.69) is 15.6 Å². The second-order valence-corrected chi connectivity index (χ2v) is 5.05. The fraction of sp³-hybridized carbons (Fsp3) is 0.333. The van der Waals surface area contributed by atoms with E-state index in [0.29, 0.717) is 5.13 Å². The molecule has 106 valence electrons. The largest absolute Gasteiger partial charge is 0.306 e. The van der Waals surface area contributed by atoms with Gasteiger partial charge in [0.05, 0.1) is 11.7 Å². The molecule has 4 nitrogen and oxygen atoms in total. The molecule has 2 N–H and O–H groups in total. The Bertz CT molecular complexity index is 549. The maximum atomic E-state index is 11.7. The number of carbonyl (C=O) groups is 1. The third-order valence-corrected chi connectivity index (χ3v) is 3.70. The fourth-order valence-electron chi connectivity index (χ4n) is 1.78. The predicted octanol–water partition coefficient (Wildman–Crippen LogP) is 3.14. The molecule has 2 heterocycles. The number of carbonyl (C=O) groups excluding carboxylic acids is 1. The summed E-state index contributed by atoms with van der Waals surface area (Å²) >= 11 is 1.45. The van der Waals surface area contributed by atoms with Crippen LogP contribution in [0.3, 0.4) is 0 Å². The van der Waals surface area contributed by atoms with E-state index in [0.717, 1.165) is 24.2 Å². The topological polar surface area (TPSA) is 54.0 Å². The number of aromatic nitrogens is 1. The summed E-state index contributed by atoms with van der Waals surface area (Å²) in [5.74, 6) is 0.00946. The van der Waals surface area contributed by atoms with Crippen molar-refractivity contribution in [3.8, 4) is 11.3 Å². The van der Waals surface area contributed by atoms with Crippen LogP contribution in [-0.4, -0.2) is 23.5 Å². The molecule has 1 unspecified atom stereocenters. The van der Waals surface area contributed by atoms with Crippen molar-refractivity contribution >= 4 is 22.4 Å². The van der Waals surface area contributed by atoms with Gasteiger partial charge in [-0.15, -0.1) is 11.3 Å². The number of hydrogen-bond donors (Lipinski definition) is 2. The zero-order valence-corrected chi connectivity index (χ0v) is 12.5. The van der Waals surface area contributed by atoms with Crippen LogP contribution in [0.25, 0.3) is 11.3 Å². The molecule has 0 saturated carbocycles. The van der Waals surface area contributed by atoms with Gasteiger partial charge in [0.15, 0.2) is 5.13 Å². The molecule has 5 heteroatoms. The molecule has 0 bridgehead atoms. The molecule has 3 rings (SSSR count). The molecule has 1 aromatic carbocycles. The minimum absolute atomic E-state index is 0.00946. The van der Waals surface area contributed by atoms with Crippen LogP contribution in [0.4, 0.5) is 5.13 Å². The quantitative estimate of drug-likeness (QED) is 0.912. The van der Waals surface area contributed by atoms with Gasteiger partial charge in [-0.3, -0.25) is 4.79 Å². The Morgan fingerprint density at radius 3 is 2.65 bits per heavy atom. The zero-order chi connectivity index (χ0) is 14.4. The molecule has 1 fully saturated rings. The van der Waals surface area contributed by atoms with Crippen LogP contribution >= 0.6 is 11.3 Å². The standard InChI is InChI=1S/C13H13N3OS.C2H6/c17-12(10-6-7-14-10)16-13-15-11(8-18-13)9-4-2-1-3-5-9;1-2/h1-5,8,10,14H,6-7H2,(H,15,16,17);1-2H3. The lowest BCUT2D eigenvalue weighted by atomic mass is 10.1. The normalized spacial score (nSPS) is 16.6. The highest BCUT2D eigenvalue weighted by Gasteiger charge is 2.24. The fourth-order valence-corrected chi connectivity index (χ4v) is 2.50. The van der Waals surface area contributed by atoms with Crippen LogP contribution in [0.2, 0.25) is 0 Å². The van der Waals surface area contributed by atoms with Crippen LogP contribution in [-0.2, 0) is 4.79 Å². The van der Waals surface area contributed by atoms with Crippen molar-refractivity contribution in [1.29, 1.82) is 0 Å². The van der Waals surface area contributed by atoms with Crippen LogP contribution in [0, 0.1) is 0 Å². The number of amides is 1. The van der Waals surface area contributed by atoms with E-state index in [1.54, 1.807) is 0 Å². The van der Waals surface area contributed by atoms with Gasteiger partial charge in [-0.05, 0) is 13.0 Å². The van der Waals surface area contributed by atoms with Crippen LogP contribution < -0.4 is 10.6 Å². The van der Waals surface area contributed by atoms with E-state index in [1.807, 2.05) is 49.6 Å². The van der Waals surface area contributed by atoms with Gasteiger partial charge in [-0.1, -0.05) is 44.2 Å². The van der Waals surface area contributed by atoms with Gasteiger partial charge in [0.25, 0.3) is 0 Å². The van der Waals surface area contributed by atoms with Crippen molar-refractivity contribution < 1.29 is 4.79 Å². The van der Waals surface area contributed by atoms with Gasteiger partial charge in [0.2, 0.25) is 5.91 Å². The third kappa shape index (κ3) is 3.43. The van der Waals surface area contributed by atoms with E-state index in [9.17, 15) is 4.79 Å². The summed E-state index contributed by atoms with van der Waals surface area (Å²) < 4.78 is 0. The number of rotatable bonds is 3. The number of anilines is 1. The summed E-state index contributed by atoms with van der Waals surface area (Å²) in [4.78, 5) is 16.2. The molecule has 0 aliphatic carbocycles. The smallest absolute Gasteiger partial charge is 0.243 e. The highest BCUT2D eigenvalue weighted by molar-refractivity contribution is 7.14. The molecule has 20 heavy (non-hydrogen) atoms. The summed E-state index contributed by atoms with van der Waals surface area (Å²) in [6, 6.07) is 9.90. The number of nitrogens with one attached hydrogen (secondary N) is 2. The summed E-state index contributed by atoms with van der Waals surface area (Å²) in [7, 11) is 0. The number of benzene rings is 1. The van der Waals surface area contributed by atoms with Crippen molar-refractivity contribution in [1.82, 2.24) is 10.3 Å². The van der Waals surface area contributed by atoms with Crippen LogP contribution in [0.1, 0.15) is 20.3 Å². The van der Waals surface area contributed by atoms with E-state index in [4.69, 9.17) is 0 Å². The molecular formula is C15H19N3OS. The van der Waals surface area contributed by atoms with Gasteiger partial charge in [0, 0.05) is 10.9 Å². The van der Waals surface area contributed by atoms with E-state index >= 15 is 0 Å². The van der Waals surface area contributed by atoms with Gasteiger partial charge in [-0.25, -0.2) is 4.98 Å². The second-order valence-electron chi connectivity index (χ2n) is 4.19. The van der Waals surface area contributed by atoms with Crippen LogP contribution in [0.15, 0.2) is 35.7 Å². The lowest BCUT2D eigenvalue weighted by Gasteiger charge is -2.25. The monoisotopic (exact) mass is 289 g/mol. The Balaban J connectivity index is 0.000000704. The predicted molar refractivity (Wildman–Crippen MR) is 83.9 cm³/mol. The Morgan fingerprint density at radius 1 is 1.35 bits per heavy atom. The van der Waals surface area contributed by atoms with Crippen molar-refractivity contribution in [2.75, 3.05) is 11.9 Å². The highest BCUT2D eigenvalue weighted by Crippen LogP contribution is 2.24. The third-order valence-electron chi connectivity index (χ3n) is 2.94. The van der Waals surface area contributed by atoms with Gasteiger partial charge in [0.1, 0.15) is 0 Å². The SMILES string of the molecule is CC.O=C(Nc1nc(-c2ccccc2)cs1)C1CCN1. The highest BCUT2D eigenvalue weighted by atomic mass is 32.1. The van der Waals surface area contributed by atoms with Crippen molar-refractivity contribution in [3.05, 3.63) is 35.7 Å². The molecule has 0 spiro atoms. The average Bonchev–Trinajstić information content (AvgIpc) is 2.88. The molecule has 1 aliphatic rings. The molecule has 0 radical (unpaired) electrons. The Hall–Kier alpha value is -1.72. The number of hydrogen-bond acceptors (Lipinski definition) is 4. The lowest BCUT2D eigenvalue weighted by Crippen LogP contribution is -2.50. The van der Waals surface area contributed by atoms with E-state index in [-0.39, 0.29) is 11.9 Å². The molecule has 1 amide bonds. The Kier molecular flexibility index (Phi) is 5.26. The van der Waals surface area contributed by atoms with Crippen molar-refractivity contribution in [2.24, 2.45) is 0 Å². The summed E-state index contributed by atoms with van der Waals surface area (Å²) in [5, 5.41) is 8.53. The minimum atomic E-state index is -0.0472. The molecule has 1 atom stereocenters. The van der Waals surface area contributed by atoms with E-state index < -0.39 is 0 Å². The van der Waals surface area contributed by atoms with Crippen molar-refractivity contribution in [2.45, 2.75) is 26.3 Å². The molecule has 1 aliphatic heterocycles. The first kappa shape index (κ1) is 14.7. The van der Waals surface area contributed by atoms with Crippen LogP contribution in [0.5, 0.6) is 0 Å². The zero-order valence-electron chi connectivity index (χ0n) is 11.7. The maximum Gasteiger partial charge on any atom is 0.243 e. The Morgan fingerprint density at radius 2 is 2.05 bits per heavy atom. The molecule has 1 aromatic heterocycles. The van der Waals surface area contributed by atoms with Gasteiger partial charge < -0.3 is 10.6 Å². The van der Waals surface area contributed by atoms with Gasteiger partial charge in [-0.2, -0.15) is 0 Å². The summed E-state index contributed by atoms with van der Waals surface area (Å²) in [5.41, 5.74) is 1.97. The minimum Gasteiger partial charge on any atom is -0.306 e. The number of thiazole rings is 1. The summed E-state index contributed by atoms with van der Waals surface area (Å²) in [6.45, 7) is 4.92. The average molecular weight is 289 g/mol. The molecular weight excluding hydrogens is 270 g/mol. The van der Waals surface area contributed by atoms with Crippen molar-refractivity contribution in [3.63, 3.8) is 0 Å². The first-order chi connectivity index (χ1) is 9.83. The molecule has 2 aromatic rings. The maximum absolute atomic E-state index is 11.7. The Labute approximate surface area is 123 Å². The van der Waals surface area contributed by atoms with E-state index in [1.165, 1.54) is 11.3 Å². The first-order valence-electron chi connectivity index (χ1n) is 6.88. The van der Waals surface area contributed by atoms with Gasteiger partial charge >= 0.3 is 0 Å². The second kappa shape index (κ2) is 7.17. The molecule has 1 saturated heterocycles. The summed E-state index contributed by atoms with van der Waals surface area (Å²) in [6.07, 6.45) is 0.906. The first-order valence-corrected chi connectivity index (χ1v) is 7.76.